The minimum Gasteiger partial charge on any atom is -1.00 e. The molecule has 0 saturated heterocycles. The van der Waals surface area contributed by atoms with Crippen LogP contribution in [0.1, 0.15) is 0 Å². The molecular formula is C14H36I2N8P2. The molecule has 0 bridgehead atoms. The zero-order chi connectivity index (χ0) is 19.9. The van der Waals surface area contributed by atoms with E-state index in [0.29, 0.717) is 0 Å². The number of hydrogen-bond donors (Lipinski definition) is 0. The molecule has 0 aromatic heterocycles. The van der Waals surface area contributed by atoms with E-state index in [0.717, 1.165) is 0 Å². The first-order valence-electron chi connectivity index (χ1n) is 7.46. The molecule has 156 valence electrons. The predicted molar refractivity (Wildman–Crippen MR) is 104 cm³/mol. The van der Waals surface area contributed by atoms with E-state index < -0.39 is 14.7 Å². The van der Waals surface area contributed by atoms with Crippen LogP contribution in [0.25, 0.3) is 0 Å². The number of rotatable bonds is 4. The largest absolute Gasteiger partial charge is 1.00 e. The molecule has 8 nitrogen and oxygen atoms in total. The van der Waals surface area contributed by atoms with E-state index in [9.17, 15) is 0 Å². The molecular weight excluding hydrogens is 596 g/mol. The van der Waals surface area contributed by atoms with E-state index in [1.54, 1.807) is 0 Å². The summed E-state index contributed by atoms with van der Waals surface area (Å²) in [5.74, 6) is 4.81. The summed E-state index contributed by atoms with van der Waals surface area (Å²) in [7, 11) is 19.5. The van der Waals surface area contributed by atoms with Crippen LogP contribution in [0.5, 0.6) is 0 Å². The molecule has 0 aromatic carbocycles. The second kappa shape index (κ2) is 14.7. The third-order valence-corrected chi connectivity index (χ3v) is 10.8. The van der Waals surface area contributed by atoms with Crippen molar-refractivity contribution in [1.29, 1.82) is 10.5 Å². The Morgan fingerprint density at radius 2 is 0.692 bits per heavy atom. The van der Waals surface area contributed by atoms with Gasteiger partial charge in [-0.05, 0) is 56.4 Å². The molecule has 0 rings (SSSR count). The molecule has 0 aliphatic heterocycles. The van der Waals surface area contributed by atoms with Gasteiger partial charge in [0.1, 0.15) is 28.2 Å². The lowest BCUT2D eigenvalue weighted by atomic mass is 11.2. The van der Waals surface area contributed by atoms with Crippen LogP contribution in [0.3, 0.4) is 0 Å². The summed E-state index contributed by atoms with van der Waals surface area (Å²) in [5, 5.41) is 18.3. The molecule has 0 heterocycles. The maximum atomic E-state index is 9.16. The van der Waals surface area contributed by atoms with E-state index in [2.05, 4.69) is 11.6 Å². The van der Waals surface area contributed by atoms with Gasteiger partial charge in [-0.15, -0.1) is 0 Å². The van der Waals surface area contributed by atoms with Gasteiger partial charge in [0.2, 0.25) is 0 Å². The maximum Gasteiger partial charge on any atom is 0.335 e. The van der Waals surface area contributed by atoms with Crippen LogP contribution in [-0.4, -0.2) is 112 Å². The van der Waals surface area contributed by atoms with Crippen molar-refractivity contribution in [3.8, 4) is 11.6 Å². The lowest BCUT2D eigenvalue weighted by Crippen LogP contribution is -3.00. The fourth-order valence-electron chi connectivity index (χ4n) is 2.68. The molecule has 0 N–H and O–H groups in total. The molecule has 0 saturated carbocycles. The summed E-state index contributed by atoms with van der Waals surface area (Å²) in [4.78, 5) is 0. The average Bonchev–Trinajstić information content (AvgIpc) is 2.39. The first-order chi connectivity index (χ1) is 10.8. The quantitative estimate of drug-likeness (QED) is 0.232. The Hall–Kier alpha value is 0.740. The molecule has 0 aliphatic rings. The normalized spacial score (nSPS) is 11.0. The molecule has 0 aliphatic carbocycles. The summed E-state index contributed by atoms with van der Waals surface area (Å²) >= 11 is 0. The Morgan fingerprint density at radius 3 is 0.692 bits per heavy atom. The van der Waals surface area contributed by atoms with Gasteiger partial charge in [-0.3, -0.25) is 0 Å². The Bertz CT molecular complexity index is 529. The van der Waals surface area contributed by atoms with Crippen LogP contribution >= 0.6 is 14.7 Å². The minimum atomic E-state index is -1.89. The number of hydrogen-bond acceptors (Lipinski definition) is 2. The van der Waals surface area contributed by atoms with E-state index in [1.165, 1.54) is 0 Å². The van der Waals surface area contributed by atoms with Gasteiger partial charge in [-0.25, -0.2) is 27.3 Å². The SMILES string of the molecule is CN(C)P(C#N)(N(C)C)=[N+](C)C.CN(C)P(C#N)(N(C)C)=[N+](C)C.[I-].[I-]. The summed E-state index contributed by atoms with van der Waals surface area (Å²) in [6.07, 6.45) is 0. The summed E-state index contributed by atoms with van der Waals surface area (Å²) in [5.41, 5.74) is 0. The fourth-order valence-corrected chi connectivity index (χ4v) is 8.05. The molecule has 0 unspecified atom stereocenters. The molecule has 12 heteroatoms. The maximum absolute atomic E-state index is 9.16. The summed E-state index contributed by atoms with van der Waals surface area (Å²) < 4.78 is 12.0. The third-order valence-electron chi connectivity index (χ3n) is 3.61. The highest BCUT2D eigenvalue weighted by Gasteiger charge is 2.34. The molecule has 0 aromatic rings. The highest BCUT2D eigenvalue weighted by atomic mass is 127. The van der Waals surface area contributed by atoms with Gasteiger partial charge in [0.15, 0.2) is 11.6 Å². The molecule has 0 atom stereocenters. The average molecular weight is 632 g/mol. The topological polar surface area (TPSA) is 66.6 Å². The monoisotopic (exact) mass is 632 g/mol. The lowest BCUT2D eigenvalue weighted by Gasteiger charge is -2.26. The van der Waals surface area contributed by atoms with E-state index in [1.807, 2.05) is 112 Å². The van der Waals surface area contributed by atoms with Crippen LogP contribution in [0.2, 0.25) is 0 Å². The highest BCUT2D eigenvalue weighted by molar-refractivity contribution is 7.64. The molecule has 0 radical (unpaired) electrons. The van der Waals surface area contributed by atoms with Crippen molar-refractivity contribution in [2.45, 2.75) is 0 Å². The number of nitriles is 2. The van der Waals surface area contributed by atoms with Crippen molar-refractivity contribution in [1.82, 2.24) is 18.7 Å². The van der Waals surface area contributed by atoms with Crippen molar-refractivity contribution in [3.05, 3.63) is 0 Å². The fraction of sp³-hybridized carbons (Fsp3) is 0.857. The van der Waals surface area contributed by atoms with Crippen LogP contribution in [0, 0.1) is 22.1 Å². The summed E-state index contributed by atoms with van der Waals surface area (Å²) in [6.45, 7) is 0. The van der Waals surface area contributed by atoms with Crippen LogP contribution < -0.4 is 48.0 Å². The Kier molecular flexibility index (Phi) is 19.4. The van der Waals surface area contributed by atoms with Gasteiger partial charge in [-0.1, -0.05) is 0 Å². The standard InChI is InChI=1S/2C7H18N4P.2HI/c2*1-9(2)12(7-8,10(3)4)11(5)6;;/h2*1-6H3;2*1H/q2*+1;;/p-2. The molecule has 26 heavy (non-hydrogen) atoms. The Balaban J connectivity index is -0.000000173. The second-order valence-electron chi connectivity index (χ2n) is 6.42. The molecule has 0 spiro atoms. The minimum absolute atomic E-state index is 0. The van der Waals surface area contributed by atoms with Gasteiger partial charge in [-0.2, -0.15) is 10.5 Å². The first kappa shape index (κ1) is 34.3. The molecule has 0 fully saturated rings. The lowest BCUT2D eigenvalue weighted by molar-refractivity contribution is -0.448. The van der Waals surface area contributed by atoms with Gasteiger partial charge in [0.05, 0.1) is 0 Å². The van der Waals surface area contributed by atoms with Crippen LogP contribution in [-0.2, 0) is 0 Å². The number of nitrogens with zero attached hydrogens (tertiary/aromatic N) is 8. The highest BCUT2D eigenvalue weighted by Crippen LogP contribution is 2.50. The van der Waals surface area contributed by atoms with Crippen molar-refractivity contribution < 1.29 is 56.6 Å². The van der Waals surface area contributed by atoms with E-state index in [-0.39, 0.29) is 48.0 Å². The van der Waals surface area contributed by atoms with Gasteiger partial charge in [0, 0.05) is 0 Å². The van der Waals surface area contributed by atoms with E-state index in [4.69, 9.17) is 10.5 Å². The number of halogens is 2. The van der Waals surface area contributed by atoms with Crippen molar-refractivity contribution in [3.63, 3.8) is 0 Å². The van der Waals surface area contributed by atoms with Gasteiger partial charge in [0.25, 0.3) is 0 Å². The van der Waals surface area contributed by atoms with Crippen LogP contribution in [0.4, 0.5) is 0 Å². The zero-order valence-corrected chi connectivity index (χ0v) is 24.3. The van der Waals surface area contributed by atoms with Gasteiger partial charge >= 0.3 is 14.7 Å². The second-order valence-corrected chi connectivity index (χ2v) is 13.9. The Morgan fingerprint density at radius 1 is 0.538 bits per heavy atom. The predicted octanol–water partition coefficient (Wildman–Crippen LogP) is -4.20. The Labute approximate surface area is 195 Å². The summed E-state index contributed by atoms with van der Waals surface area (Å²) in [6, 6.07) is 0. The van der Waals surface area contributed by atoms with Gasteiger partial charge < -0.3 is 48.0 Å². The smallest absolute Gasteiger partial charge is 0.335 e. The zero-order valence-electron chi connectivity index (χ0n) is 18.2. The third kappa shape index (κ3) is 7.63. The van der Waals surface area contributed by atoms with Crippen LogP contribution in [0.15, 0.2) is 0 Å². The van der Waals surface area contributed by atoms with E-state index >= 15 is 0 Å². The van der Waals surface area contributed by atoms with Crippen molar-refractivity contribution in [2.24, 2.45) is 0 Å². The van der Waals surface area contributed by atoms with Crippen molar-refractivity contribution in [2.75, 3.05) is 84.6 Å². The molecule has 0 amide bonds. The van der Waals surface area contributed by atoms with Crippen molar-refractivity contribution >= 4 is 14.7 Å². The first-order valence-corrected chi connectivity index (χ1v) is 10.8.